The van der Waals surface area contributed by atoms with Crippen LogP contribution in [0.25, 0.3) is 0 Å². The summed E-state index contributed by atoms with van der Waals surface area (Å²) >= 11 is 5.39. The minimum atomic E-state index is -2.82. The summed E-state index contributed by atoms with van der Waals surface area (Å²) < 4.78 is 39.3. The molecule has 0 bridgehead atoms. The van der Waals surface area contributed by atoms with Gasteiger partial charge in [0.25, 0.3) is 0 Å². The van der Waals surface area contributed by atoms with Crippen LogP contribution in [0.1, 0.15) is 11.1 Å². The van der Waals surface area contributed by atoms with Gasteiger partial charge < -0.3 is 24.4 Å². The lowest BCUT2D eigenvalue weighted by Gasteiger charge is -2.21. The first kappa shape index (κ1) is 18.2. The van der Waals surface area contributed by atoms with E-state index in [2.05, 4.69) is 10.1 Å². The fraction of sp³-hybridized carbons (Fsp3) is 0.278. The van der Waals surface area contributed by atoms with Crippen LogP contribution in [0.15, 0.2) is 42.5 Å². The monoisotopic (exact) mass is 380 g/mol. The molecule has 1 N–H and O–H groups in total. The van der Waals surface area contributed by atoms with Gasteiger partial charge in [-0.15, -0.1) is 0 Å². The molecule has 0 radical (unpaired) electrons. The summed E-state index contributed by atoms with van der Waals surface area (Å²) in [5.41, 5.74) is 1.96. The predicted molar refractivity (Wildman–Crippen MR) is 96.5 cm³/mol. The lowest BCUT2D eigenvalue weighted by Crippen LogP contribution is -2.36. The lowest BCUT2D eigenvalue weighted by molar-refractivity contribution is -0.0498. The molecule has 0 atom stereocenters. The van der Waals surface area contributed by atoms with Gasteiger partial charge in [0.15, 0.2) is 16.6 Å². The van der Waals surface area contributed by atoms with Crippen molar-refractivity contribution in [2.24, 2.45) is 0 Å². The molecule has 5 nitrogen and oxygen atoms in total. The Kier molecular flexibility index (Phi) is 5.72. The number of hydrogen-bond donors (Lipinski definition) is 1. The van der Waals surface area contributed by atoms with Crippen molar-refractivity contribution in [3.05, 3.63) is 53.6 Å². The summed E-state index contributed by atoms with van der Waals surface area (Å²) in [7, 11) is 1.86. The van der Waals surface area contributed by atoms with Crippen molar-refractivity contribution < 1.29 is 23.0 Å². The number of nitrogens with one attached hydrogen (secondary N) is 1. The van der Waals surface area contributed by atoms with E-state index in [-0.39, 0.29) is 12.5 Å². The maximum atomic E-state index is 12.2. The van der Waals surface area contributed by atoms with Crippen molar-refractivity contribution in [3.8, 4) is 17.2 Å². The van der Waals surface area contributed by atoms with E-state index < -0.39 is 6.61 Å². The molecule has 3 rings (SSSR count). The molecule has 0 saturated carbocycles. The van der Waals surface area contributed by atoms with Gasteiger partial charge in [0.1, 0.15) is 5.75 Å². The van der Waals surface area contributed by atoms with Gasteiger partial charge in [0.05, 0.1) is 0 Å². The standard InChI is InChI=1S/C18H18F2N2O3S/c1-22(10-12-2-5-14(6-3-12)25-17(19)20)18(26)21-9-13-4-7-15-16(8-13)24-11-23-15/h2-8,17H,9-11H2,1H3,(H,21,26). The van der Waals surface area contributed by atoms with Gasteiger partial charge in [-0.05, 0) is 47.6 Å². The van der Waals surface area contributed by atoms with E-state index in [1.165, 1.54) is 12.1 Å². The third kappa shape index (κ3) is 4.72. The largest absolute Gasteiger partial charge is 0.454 e. The molecule has 0 aliphatic carbocycles. The second-order valence-corrected chi connectivity index (χ2v) is 6.11. The van der Waals surface area contributed by atoms with Crippen LogP contribution in [0.2, 0.25) is 0 Å². The van der Waals surface area contributed by atoms with Crippen LogP contribution in [-0.4, -0.2) is 30.5 Å². The van der Waals surface area contributed by atoms with Gasteiger partial charge in [0, 0.05) is 20.1 Å². The van der Waals surface area contributed by atoms with Crippen molar-refractivity contribution in [2.45, 2.75) is 19.7 Å². The highest BCUT2D eigenvalue weighted by molar-refractivity contribution is 7.80. The van der Waals surface area contributed by atoms with Crippen LogP contribution < -0.4 is 19.5 Å². The van der Waals surface area contributed by atoms with E-state index in [0.717, 1.165) is 22.6 Å². The molecule has 0 amide bonds. The number of benzene rings is 2. The second kappa shape index (κ2) is 8.18. The van der Waals surface area contributed by atoms with Crippen molar-refractivity contribution in [3.63, 3.8) is 0 Å². The maximum Gasteiger partial charge on any atom is 0.387 e. The first-order valence-corrected chi connectivity index (χ1v) is 8.33. The van der Waals surface area contributed by atoms with Crippen LogP contribution in [0.4, 0.5) is 8.78 Å². The molecule has 8 heteroatoms. The van der Waals surface area contributed by atoms with Gasteiger partial charge in [-0.25, -0.2) is 0 Å². The molecule has 0 unspecified atom stereocenters. The number of alkyl halides is 2. The molecule has 26 heavy (non-hydrogen) atoms. The minimum absolute atomic E-state index is 0.134. The highest BCUT2D eigenvalue weighted by Crippen LogP contribution is 2.32. The Morgan fingerprint density at radius 1 is 1.15 bits per heavy atom. The van der Waals surface area contributed by atoms with Gasteiger partial charge in [-0.2, -0.15) is 8.78 Å². The molecule has 1 aliphatic heterocycles. The summed E-state index contributed by atoms with van der Waals surface area (Å²) in [4.78, 5) is 1.87. The highest BCUT2D eigenvalue weighted by Gasteiger charge is 2.13. The molecule has 2 aromatic carbocycles. The van der Waals surface area contributed by atoms with E-state index in [4.69, 9.17) is 21.7 Å². The molecular formula is C18H18F2N2O3S. The molecule has 1 heterocycles. The Morgan fingerprint density at radius 2 is 1.85 bits per heavy atom. The Hall–Kier alpha value is -2.61. The Morgan fingerprint density at radius 3 is 2.58 bits per heavy atom. The number of ether oxygens (including phenoxy) is 3. The van der Waals surface area contributed by atoms with Gasteiger partial charge in [-0.3, -0.25) is 0 Å². The third-order valence-corrected chi connectivity index (χ3v) is 4.25. The summed E-state index contributed by atoms with van der Waals surface area (Å²) in [5.74, 6) is 1.61. The second-order valence-electron chi connectivity index (χ2n) is 5.72. The Bertz CT molecular complexity index is 772. The molecular weight excluding hydrogens is 362 g/mol. The zero-order chi connectivity index (χ0) is 18.5. The Labute approximate surface area is 155 Å². The molecule has 0 spiro atoms. The van der Waals surface area contributed by atoms with E-state index in [0.29, 0.717) is 18.2 Å². The van der Waals surface area contributed by atoms with Crippen LogP contribution in [0.5, 0.6) is 17.2 Å². The summed E-state index contributed by atoms with van der Waals surface area (Å²) in [6.45, 7) is -1.48. The fourth-order valence-corrected chi connectivity index (χ4v) is 2.62. The van der Waals surface area contributed by atoms with Gasteiger partial charge >= 0.3 is 6.61 Å². The number of fused-ring (bicyclic) bond motifs is 1. The summed E-state index contributed by atoms with van der Waals surface area (Å²) in [6, 6.07) is 12.2. The zero-order valence-corrected chi connectivity index (χ0v) is 14.9. The topological polar surface area (TPSA) is 43.0 Å². The van der Waals surface area contributed by atoms with E-state index >= 15 is 0 Å². The van der Waals surface area contributed by atoms with Crippen molar-refractivity contribution in [2.75, 3.05) is 13.8 Å². The SMILES string of the molecule is CN(Cc1ccc(OC(F)F)cc1)C(=S)NCc1ccc2c(c1)OCO2. The third-order valence-electron chi connectivity index (χ3n) is 3.80. The number of rotatable bonds is 6. The molecule has 1 aliphatic rings. The van der Waals surface area contributed by atoms with Crippen LogP contribution in [-0.2, 0) is 13.1 Å². The van der Waals surface area contributed by atoms with Gasteiger partial charge in [-0.1, -0.05) is 18.2 Å². The van der Waals surface area contributed by atoms with Crippen LogP contribution >= 0.6 is 12.2 Å². The molecule has 2 aromatic rings. The van der Waals surface area contributed by atoms with Crippen LogP contribution in [0.3, 0.4) is 0 Å². The predicted octanol–water partition coefficient (Wildman–Crippen LogP) is 3.52. The van der Waals surface area contributed by atoms with E-state index in [9.17, 15) is 8.78 Å². The van der Waals surface area contributed by atoms with Crippen molar-refractivity contribution >= 4 is 17.3 Å². The smallest absolute Gasteiger partial charge is 0.387 e. The van der Waals surface area contributed by atoms with Crippen molar-refractivity contribution in [1.82, 2.24) is 10.2 Å². The minimum Gasteiger partial charge on any atom is -0.454 e. The first-order chi connectivity index (χ1) is 12.5. The fourth-order valence-electron chi connectivity index (χ4n) is 2.49. The average Bonchev–Trinajstić information content (AvgIpc) is 3.08. The maximum absolute atomic E-state index is 12.2. The average molecular weight is 380 g/mol. The lowest BCUT2D eigenvalue weighted by atomic mass is 10.2. The number of halogens is 2. The quantitative estimate of drug-likeness (QED) is 0.774. The summed E-state index contributed by atoms with van der Waals surface area (Å²) in [5, 5.41) is 3.76. The van der Waals surface area contributed by atoms with E-state index in [1.807, 2.05) is 30.1 Å². The Balaban J connectivity index is 1.50. The van der Waals surface area contributed by atoms with Crippen molar-refractivity contribution in [1.29, 1.82) is 0 Å². The van der Waals surface area contributed by atoms with Gasteiger partial charge in [0.2, 0.25) is 6.79 Å². The normalized spacial score (nSPS) is 12.2. The van der Waals surface area contributed by atoms with Crippen LogP contribution in [0, 0.1) is 0 Å². The molecule has 0 aromatic heterocycles. The number of hydrogen-bond acceptors (Lipinski definition) is 4. The highest BCUT2D eigenvalue weighted by atomic mass is 32.1. The molecule has 0 fully saturated rings. The zero-order valence-electron chi connectivity index (χ0n) is 14.1. The molecule has 138 valence electrons. The summed E-state index contributed by atoms with van der Waals surface area (Å²) in [6.07, 6.45) is 0. The number of nitrogens with zero attached hydrogens (tertiary/aromatic N) is 1. The first-order valence-electron chi connectivity index (χ1n) is 7.92. The van der Waals surface area contributed by atoms with E-state index in [1.54, 1.807) is 12.1 Å². The number of thiocarbonyl (C=S) groups is 1. The molecule has 0 saturated heterocycles.